The van der Waals surface area contributed by atoms with Crippen LogP contribution in [0.5, 0.6) is 0 Å². The summed E-state index contributed by atoms with van der Waals surface area (Å²) in [5.41, 5.74) is 0.591. The average Bonchev–Trinajstić information content (AvgIpc) is 2.80. The van der Waals surface area contributed by atoms with Gasteiger partial charge in [-0.1, -0.05) is 0 Å². The molecule has 1 unspecified atom stereocenters. The molecule has 0 radical (unpaired) electrons. The van der Waals surface area contributed by atoms with Gasteiger partial charge in [0.25, 0.3) is 0 Å². The lowest BCUT2D eigenvalue weighted by molar-refractivity contribution is -0.137. The summed E-state index contributed by atoms with van der Waals surface area (Å²) in [5.74, 6) is 0.249. The quantitative estimate of drug-likeness (QED) is 0.792. The average molecular weight is 273 g/mol. The van der Waals surface area contributed by atoms with Gasteiger partial charge in [-0.25, -0.2) is 0 Å². The second-order valence-corrected chi connectivity index (χ2v) is 5.70. The predicted octanol–water partition coefficient (Wildman–Crippen LogP) is 0.622. The van der Waals surface area contributed by atoms with Crippen LogP contribution in [0.2, 0.25) is 0 Å². The van der Waals surface area contributed by atoms with Crippen LogP contribution in [0.15, 0.2) is 12.4 Å². The number of likely N-dealkylation sites (N-methyl/N-ethyl adjacent to an activating group) is 1. The first-order chi connectivity index (χ1) is 9.69. The fourth-order valence-corrected chi connectivity index (χ4v) is 3.02. The summed E-state index contributed by atoms with van der Waals surface area (Å²) in [4.78, 5) is 16.4. The Bertz CT molecular complexity index is 540. The highest BCUT2D eigenvalue weighted by Crippen LogP contribution is 2.27. The Morgan fingerprint density at radius 2 is 2.20 bits per heavy atom. The predicted molar refractivity (Wildman–Crippen MR) is 72.8 cm³/mol. The lowest BCUT2D eigenvalue weighted by Crippen LogP contribution is -2.57. The smallest absolute Gasteiger partial charge is 0.239 e. The highest BCUT2D eigenvalue weighted by Gasteiger charge is 2.38. The van der Waals surface area contributed by atoms with Crippen LogP contribution in [0.4, 0.5) is 0 Å². The Balaban J connectivity index is 1.62. The fourth-order valence-electron chi connectivity index (χ4n) is 3.02. The van der Waals surface area contributed by atoms with Gasteiger partial charge in [-0.05, 0) is 19.3 Å². The summed E-state index contributed by atoms with van der Waals surface area (Å²) in [6, 6.07) is 2.41. The molecule has 6 heteroatoms. The Morgan fingerprint density at radius 1 is 1.40 bits per heavy atom. The van der Waals surface area contributed by atoms with Crippen molar-refractivity contribution in [2.24, 2.45) is 0 Å². The summed E-state index contributed by atoms with van der Waals surface area (Å²) < 4.78 is 1.85. The van der Waals surface area contributed by atoms with E-state index in [-0.39, 0.29) is 11.9 Å². The van der Waals surface area contributed by atoms with Gasteiger partial charge < -0.3 is 4.90 Å². The molecule has 1 atom stereocenters. The number of carbonyl (C=O) groups excluding carboxylic acids is 1. The van der Waals surface area contributed by atoms with E-state index in [0.29, 0.717) is 11.6 Å². The molecule has 0 aromatic carbocycles. The maximum atomic E-state index is 12.3. The highest BCUT2D eigenvalue weighted by atomic mass is 16.2. The molecule has 2 fully saturated rings. The Kier molecular flexibility index (Phi) is 3.45. The third kappa shape index (κ3) is 2.29. The van der Waals surface area contributed by atoms with Gasteiger partial charge in [-0.2, -0.15) is 10.4 Å². The fraction of sp³-hybridized carbons (Fsp3) is 0.643. The summed E-state index contributed by atoms with van der Waals surface area (Å²) >= 11 is 0. The molecular weight excluding hydrogens is 254 g/mol. The number of hydrogen-bond donors (Lipinski definition) is 0. The number of carbonyl (C=O) groups is 1. The van der Waals surface area contributed by atoms with Crippen molar-refractivity contribution >= 4 is 5.91 Å². The molecule has 20 heavy (non-hydrogen) atoms. The van der Waals surface area contributed by atoms with E-state index in [2.05, 4.69) is 16.1 Å². The highest BCUT2D eigenvalue weighted by molar-refractivity contribution is 5.82. The maximum Gasteiger partial charge on any atom is 0.239 e. The number of aromatic nitrogens is 2. The van der Waals surface area contributed by atoms with E-state index in [4.69, 9.17) is 5.26 Å². The van der Waals surface area contributed by atoms with Crippen molar-refractivity contribution in [3.8, 4) is 6.07 Å². The van der Waals surface area contributed by atoms with Crippen LogP contribution in [0.1, 0.15) is 30.9 Å². The lowest BCUT2D eigenvalue weighted by atomic mass is 10.0. The van der Waals surface area contributed by atoms with Crippen LogP contribution in [0.3, 0.4) is 0 Å². The number of amides is 1. The minimum absolute atomic E-state index is 0.0322. The van der Waals surface area contributed by atoms with Gasteiger partial charge in [0.15, 0.2) is 0 Å². The molecule has 6 nitrogen and oxygen atoms in total. The number of nitrogens with zero attached hydrogens (tertiary/aromatic N) is 5. The number of likely N-dealkylation sites (tertiary alicyclic amines) is 2. The number of rotatable bonds is 2. The number of hydrogen-bond acceptors (Lipinski definition) is 4. The standard InChI is InChI=1S/C14H19N5O/c1-17-5-3-2-4-13(14(17)20)18-9-12(10-18)19-8-11(6-15)7-16-19/h7-8,12-13H,2-5,9-10H2,1H3. The third-order valence-electron chi connectivity index (χ3n) is 4.32. The van der Waals surface area contributed by atoms with Crippen LogP contribution in [-0.2, 0) is 4.79 Å². The molecule has 2 aliphatic rings. The van der Waals surface area contributed by atoms with Gasteiger partial charge in [-0.15, -0.1) is 0 Å². The summed E-state index contributed by atoms with van der Waals surface area (Å²) in [7, 11) is 1.89. The van der Waals surface area contributed by atoms with Crippen LogP contribution < -0.4 is 0 Å². The molecule has 1 aromatic heterocycles. The maximum absolute atomic E-state index is 12.3. The van der Waals surface area contributed by atoms with E-state index in [1.807, 2.05) is 16.6 Å². The van der Waals surface area contributed by atoms with E-state index in [0.717, 1.165) is 38.9 Å². The zero-order valence-corrected chi connectivity index (χ0v) is 11.7. The molecule has 0 bridgehead atoms. The van der Waals surface area contributed by atoms with Gasteiger partial charge >= 0.3 is 0 Å². The molecule has 0 aliphatic carbocycles. The SMILES string of the molecule is CN1CCCCC(N2CC(n3cc(C#N)cn3)C2)C1=O. The number of nitriles is 1. The van der Waals surface area contributed by atoms with Crippen molar-refractivity contribution in [1.29, 1.82) is 5.26 Å². The largest absolute Gasteiger partial charge is 0.344 e. The summed E-state index contributed by atoms with van der Waals surface area (Å²) in [5, 5.41) is 13.0. The van der Waals surface area contributed by atoms with Gasteiger partial charge in [0.2, 0.25) is 5.91 Å². The molecule has 1 amide bonds. The van der Waals surface area contributed by atoms with Gasteiger partial charge in [-0.3, -0.25) is 14.4 Å². The van der Waals surface area contributed by atoms with Gasteiger partial charge in [0, 0.05) is 32.9 Å². The lowest BCUT2D eigenvalue weighted by Gasteiger charge is -2.43. The van der Waals surface area contributed by atoms with E-state index in [1.54, 1.807) is 12.4 Å². The van der Waals surface area contributed by atoms with Crippen molar-refractivity contribution in [2.75, 3.05) is 26.7 Å². The molecule has 3 heterocycles. The van der Waals surface area contributed by atoms with E-state index in [1.165, 1.54) is 0 Å². The first kappa shape index (κ1) is 13.1. The zero-order valence-electron chi connectivity index (χ0n) is 11.7. The monoisotopic (exact) mass is 273 g/mol. The molecule has 1 aromatic rings. The second-order valence-electron chi connectivity index (χ2n) is 5.70. The summed E-state index contributed by atoms with van der Waals surface area (Å²) in [6.45, 7) is 2.56. The van der Waals surface area contributed by atoms with Crippen molar-refractivity contribution in [2.45, 2.75) is 31.3 Å². The second kappa shape index (κ2) is 5.25. The van der Waals surface area contributed by atoms with Crippen molar-refractivity contribution < 1.29 is 4.79 Å². The molecule has 0 N–H and O–H groups in total. The summed E-state index contributed by atoms with van der Waals surface area (Å²) in [6.07, 6.45) is 6.54. The Labute approximate surface area is 118 Å². The van der Waals surface area contributed by atoms with Crippen molar-refractivity contribution in [3.63, 3.8) is 0 Å². The first-order valence-corrected chi connectivity index (χ1v) is 7.12. The molecule has 2 saturated heterocycles. The van der Waals surface area contributed by atoms with Crippen LogP contribution in [0.25, 0.3) is 0 Å². The van der Waals surface area contributed by atoms with Gasteiger partial charge in [0.1, 0.15) is 6.07 Å². The van der Waals surface area contributed by atoms with Crippen LogP contribution in [0, 0.1) is 11.3 Å². The molecule has 106 valence electrons. The van der Waals surface area contributed by atoms with E-state index < -0.39 is 0 Å². The molecular formula is C14H19N5O. The van der Waals surface area contributed by atoms with E-state index >= 15 is 0 Å². The minimum Gasteiger partial charge on any atom is -0.344 e. The van der Waals surface area contributed by atoms with Crippen molar-refractivity contribution in [1.82, 2.24) is 19.6 Å². The van der Waals surface area contributed by atoms with Crippen LogP contribution >= 0.6 is 0 Å². The van der Waals surface area contributed by atoms with E-state index in [9.17, 15) is 4.79 Å². The minimum atomic E-state index is 0.0322. The topological polar surface area (TPSA) is 65.2 Å². The third-order valence-corrected chi connectivity index (χ3v) is 4.32. The molecule has 2 aliphatic heterocycles. The normalized spacial score (nSPS) is 25.1. The molecule has 0 spiro atoms. The van der Waals surface area contributed by atoms with Crippen molar-refractivity contribution in [3.05, 3.63) is 18.0 Å². The molecule has 0 saturated carbocycles. The Morgan fingerprint density at radius 3 is 2.90 bits per heavy atom. The molecule has 3 rings (SSSR count). The first-order valence-electron chi connectivity index (χ1n) is 7.12. The van der Waals surface area contributed by atoms with Crippen LogP contribution in [-0.4, -0.2) is 58.2 Å². The Hall–Kier alpha value is -1.87. The van der Waals surface area contributed by atoms with Gasteiger partial charge in [0.05, 0.1) is 23.8 Å². The zero-order chi connectivity index (χ0) is 14.1.